The van der Waals surface area contributed by atoms with Gasteiger partial charge in [0.15, 0.2) is 0 Å². The molecule has 1 amide bonds. The van der Waals surface area contributed by atoms with Crippen molar-refractivity contribution in [3.05, 3.63) is 83.4 Å². The molecule has 0 spiro atoms. The molecule has 1 unspecified atom stereocenters. The van der Waals surface area contributed by atoms with Crippen molar-refractivity contribution >= 4 is 11.9 Å². The zero-order valence-electron chi connectivity index (χ0n) is 21.3. The molecule has 0 bridgehead atoms. The number of ether oxygens (including phenoxy) is 5. The fourth-order valence-corrected chi connectivity index (χ4v) is 3.72. The molecule has 36 heavy (non-hydrogen) atoms. The average Bonchev–Trinajstić information content (AvgIpc) is 2.94. The van der Waals surface area contributed by atoms with E-state index in [9.17, 15) is 9.59 Å². The van der Waals surface area contributed by atoms with E-state index < -0.39 is 18.1 Å². The van der Waals surface area contributed by atoms with Crippen LogP contribution in [0.2, 0.25) is 0 Å². The summed E-state index contributed by atoms with van der Waals surface area (Å²) in [7, 11) is 7.72. The molecule has 0 aliphatic heterocycles. The monoisotopic (exact) mass is 493 g/mol. The molecule has 0 aliphatic carbocycles. The number of methoxy groups -OCH3 is 4. The molecule has 190 valence electrons. The number of benzene rings is 3. The highest BCUT2D eigenvalue weighted by Crippen LogP contribution is 2.30. The van der Waals surface area contributed by atoms with Crippen LogP contribution in [-0.2, 0) is 4.74 Å². The maximum absolute atomic E-state index is 13.4. The van der Waals surface area contributed by atoms with Crippen molar-refractivity contribution in [2.45, 2.75) is 19.1 Å². The van der Waals surface area contributed by atoms with Crippen molar-refractivity contribution in [3.63, 3.8) is 0 Å². The molecule has 0 saturated carbocycles. The summed E-state index contributed by atoms with van der Waals surface area (Å²) >= 11 is 0. The number of likely N-dealkylation sites (N-methyl/N-ethyl adjacent to an activating group) is 1. The molecule has 8 heteroatoms. The summed E-state index contributed by atoms with van der Waals surface area (Å²) in [6.07, 6.45) is -0.752. The van der Waals surface area contributed by atoms with Crippen LogP contribution >= 0.6 is 0 Å². The lowest BCUT2D eigenvalue weighted by atomic mass is 10.0. The van der Waals surface area contributed by atoms with Gasteiger partial charge in [-0.25, -0.2) is 4.79 Å². The van der Waals surface area contributed by atoms with Crippen LogP contribution in [0.5, 0.6) is 23.0 Å². The SMILES string of the molecule is COc1cc(OC)cc(C(=O)O[C@H](c2ccccc2)C(C)N(C)C(=O)c2cc(OC)cc(OC)c2)c1. The van der Waals surface area contributed by atoms with Crippen molar-refractivity contribution in [1.29, 1.82) is 0 Å². The van der Waals surface area contributed by atoms with Gasteiger partial charge in [0.1, 0.15) is 29.1 Å². The highest BCUT2D eigenvalue weighted by atomic mass is 16.5. The third-order valence-corrected chi connectivity index (χ3v) is 5.92. The third kappa shape index (κ3) is 6.07. The summed E-state index contributed by atoms with van der Waals surface area (Å²) in [5.41, 5.74) is 1.40. The van der Waals surface area contributed by atoms with E-state index in [2.05, 4.69) is 0 Å². The lowest BCUT2D eigenvalue weighted by Crippen LogP contribution is -2.40. The first-order valence-corrected chi connectivity index (χ1v) is 11.3. The van der Waals surface area contributed by atoms with Crippen LogP contribution in [-0.4, -0.2) is 58.3 Å². The van der Waals surface area contributed by atoms with E-state index in [0.29, 0.717) is 28.6 Å². The van der Waals surface area contributed by atoms with Gasteiger partial charge in [-0.2, -0.15) is 0 Å². The highest BCUT2D eigenvalue weighted by molar-refractivity contribution is 5.95. The summed E-state index contributed by atoms with van der Waals surface area (Å²) in [4.78, 5) is 28.2. The van der Waals surface area contributed by atoms with Crippen molar-refractivity contribution < 1.29 is 33.3 Å². The highest BCUT2D eigenvalue weighted by Gasteiger charge is 2.31. The Balaban J connectivity index is 1.93. The Hall–Kier alpha value is -4.20. The lowest BCUT2D eigenvalue weighted by Gasteiger charge is -2.32. The minimum atomic E-state index is -0.752. The second-order valence-corrected chi connectivity index (χ2v) is 8.10. The summed E-state index contributed by atoms with van der Waals surface area (Å²) < 4.78 is 27.2. The zero-order chi connectivity index (χ0) is 26.2. The first-order chi connectivity index (χ1) is 17.3. The summed E-state index contributed by atoms with van der Waals surface area (Å²) in [6, 6.07) is 18.6. The Morgan fingerprint density at radius 2 is 1.14 bits per heavy atom. The standard InChI is InChI=1S/C28H31NO7/c1-18(29(2)27(30)20-12-22(32-3)16-23(13-20)33-4)26(19-10-8-7-9-11-19)36-28(31)21-14-24(34-5)17-25(15-21)35-6/h7-18,26H,1-6H3/t18?,26-/m0/s1. The van der Waals surface area contributed by atoms with Crippen LogP contribution in [0.1, 0.15) is 39.3 Å². The molecular weight excluding hydrogens is 462 g/mol. The summed E-state index contributed by atoms with van der Waals surface area (Å²) in [6.45, 7) is 1.83. The topological polar surface area (TPSA) is 83.5 Å². The number of hydrogen-bond donors (Lipinski definition) is 0. The van der Waals surface area contributed by atoms with Crippen molar-refractivity contribution in [1.82, 2.24) is 4.90 Å². The lowest BCUT2D eigenvalue weighted by molar-refractivity contribution is 0.00561. The predicted molar refractivity (Wildman–Crippen MR) is 135 cm³/mol. The van der Waals surface area contributed by atoms with Gasteiger partial charge in [0.05, 0.1) is 40.0 Å². The Morgan fingerprint density at radius 1 is 0.694 bits per heavy atom. The van der Waals surface area contributed by atoms with Gasteiger partial charge >= 0.3 is 5.97 Å². The minimum absolute atomic E-state index is 0.269. The van der Waals surface area contributed by atoms with Gasteiger partial charge in [0.2, 0.25) is 0 Å². The molecular formula is C28H31NO7. The van der Waals surface area contributed by atoms with Crippen LogP contribution in [0.15, 0.2) is 66.7 Å². The molecule has 0 heterocycles. The van der Waals surface area contributed by atoms with E-state index in [4.69, 9.17) is 23.7 Å². The first-order valence-electron chi connectivity index (χ1n) is 11.3. The molecule has 3 aromatic carbocycles. The molecule has 2 atom stereocenters. The van der Waals surface area contributed by atoms with Crippen LogP contribution in [0.25, 0.3) is 0 Å². The van der Waals surface area contributed by atoms with Gasteiger partial charge in [-0.1, -0.05) is 30.3 Å². The van der Waals surface area contributed by atoms with Gasteiger partial charge in [-0.05, 0) is 36.8 Å². The van der Waals surface area contributed by atoms with E-state index in [0.717, 1.165) is 5.56 Å². The maximum Gasteiger partial charge on any atom is 0.339 e. The van der Waals surface area contributed by atoms with Crippen molar-refractivity contribution in [3.8, 4) is 23.0 Å². The average molecular weight is 494 g/mol. The van der Waals surface area contributed by atoms with Crippen LogP contribution < -0.4 is 18.9 Å². The molecule has 0 aromatic heterocycles. The Morgan fingerprint density at radius 3 is 1.58 bits per heavy atom. The van der Waals surface area contributed by atoms with E-state index in [1.807, 2.05) is 37.3 Å². The fraction of sp³-hybridized carbons (Fsp3) is 0.286. The molecule has 0 aliphatic rings. The Kier molecular flexibility index (Phi) is 8.78. The smallest absolute Gasteiger partial charge is 0.339 e. The minimum Gasteiger partial charge on any atom is -0.497 e. The number of esters is 1. The number of rotatable bonds is 10. The van der Waals surface area contributed by atoms with Gasteiger partial charge < -0.3 is 28.6 Å². The third-order valence-electron chi connectivity index (χ3n) is 5.92. The number of amides is 1. The van der Waals surface area contributed by atoms with Gasteiger partial charge in [-0.3, -0.25) is 4.79 Å². The van der Waals surface area contributed by atoms with E-state index >= 15 is 0 Å². The molecule has 0 N–H and O–H groups in total. The van der Waals surface area contributed by atoms with E-state index in [-0.39, 0.29) is 11.5 Å². The number of hydrogen-bond acceptors (Lipinski definition) is 7. The van der Waals surface area contributed by atoms with Crippen molar-refractivity contribution in [2.24, 2.45) is 0 Å². The van der Waals surface area contributed by atoms with Gasteiger partial charge in [0.25, 0.3) is 5.91 Å². The summed E-state index contributed by atoms with van der Waals surface area (Å²) in [5.74, 6) is 1.07. The Bertz CT molecular complexity index is 1150. The zero-order valence-corrected chi connectivity index (χ0v) is 21.3. The van der Waals surface area contributed by atoms with Crippen LogP contribution in [0.4, 0.5) is 0 Å². The predicted octanol–water partition coefficient (Wildman–Crippen LogP) is 4.78. The number of carbonyl (C=O) groups excluding carboxylic acids is 2. The van der Waals surface area contributed by atoms with Crippen LogP contribution in [0.3, 0.4) is 0 Å². The molecule has 3 rings (SSSR count). The van der Waals surface area contributed by atoms with Gasteiger partial charge in [-0.15, -0.1) is 0 Å². The van der Waals surface area contributed by atoms with Crippen LogP contribution in [0, 0.1) is 0 Å². The molecule has 3 aromatic rings. The quantitative estimate of drug-likeness (QED) is 0.376. The normalized spacial score (nSPS) is 12.2. The van der Waals surface area contributed by atoms with E-state index in [1.54, 1.807) is 43.4 Å². The number of nitrogens with zero attached hydrogens (tertiary/aromatic N) is 1. The molecule has 0 saturated heterocycles. The molecule has 0 fully saturated rings. The molecule has 8 nitrogen and oxygen atoms in total. The van der Waals surface area contributed by atoms with Gasteiger partial charge in [0, 0.05) is 24.7 Å². The Labute approximate surface area is 211 Å². The second-order valence-electron chi connectivity index (χ2n) is 8.10. The van der Waals surface area contributed by atoms with E-state index in [1.165, 1.54) is 33.3 Å². The molecule has 0 radical (unpaired) electrons. The maximum atomic E-state index is 13.4. The number of carbonyl (C=O) groups is 2. The first kappa shape index (κ1) is 26.4. The largest absolute Gasteiger partial charge is 0.497 e. The second kappa shape index (κ2) is 12.0. The van der Waals surface area contributed by atoms with Crippen molar-refractivity contribution in [2.75, 3.05) is 35.5 Å². The summed E-state index contributed by atoms with van der Waals surface area (Å²) in [5, 5.41) is 0. The fourth-order valence-electron chi connectivity index (χ4n) is 3.72.